The number of ketones is 1. The third-order valence-electron chi connectivity index (χ3n) is 6.94. The molecule has 37 heavy (non-hydrogen) atoms. The van der Waals surface area contributed by atoms with E-state index in [9.17, 15) is 24.4 Å². The Bertz CT molecular complexity index is 1200. The molecule has 3 atom stereocenters. The number of rotatable bonds is 7. The summed E-state index contributed by atoms with van der Waals surface area (Å²) in [6.07, 6.45) is 3.33. The first-order valence-corrected chi connectivity index (χ1v) is 12.5. The summed E-state index contributed by atoms with van der Waals surface area (Å²) < 4.78 is 0.542. The van der Waals surface area contributed by atoms with Gasteiger partial charge in [-0.3, -0.25) is 19.2 Å². The number of nitrogens with one attached hydrogen (secondary N) is 1. The summed E-state index contributed by atoms with van der Waals surface area (Å²) in [7, 11) is 3.82. The lowest BCUT2D eigenvalue weighted by atomic mass is 10.0. The Kier molecular flexibility index (Phi) is 7.47. The minimum absolute atomic E-state index is 0.120. The minimum atomic E-state index is -0.800. The summed E-state index contributed by atoms with van der Waals surface area (Å²) in [5.74, 6) is -1.18. The molecule has 4 rings (SSSR count). The van der Waals surface area contributed by atoms with Crippen LogP contribution in [0, 0.1) is 11.1 Å². The molecule has 2 aliphatic heterocycles. The zero-order valence-corrected chi connectivity index (χ0v) is 21.6. The smallest absolute Gasteiger partial charge is 0.260 e. The van der Waals surface area contributed by atoms with Crippen molar-refractivity contribution in [2.45, 2.75) is 44.8 Å². The topological polar surface area (TPSA) is 117 Å². The highest BCUT2D eigenvalue weighted by molar-refractivity contribution is 6.03. The van der Waals surface area contributed by atoms with Gasteiger partial charge in [-0.05, 0) is 49.1 Å². The Labute approximate surface area is 216 Å². The molecule has 2 saturated heterocycles. The normalized spacial score (nSPS) is 19.6. The van der Waals surface area contributed by atoms with Crippen molar-refractivity contribution in [3.8, 4) is 0 Å². The maximum atomic E-state index is 13.7. The van der Waals surface area contributed by atoms with E-state index < -0.39 is 24.0 Å². The first kappa shape index (κ1) is 26.1. The Morgan fingerprint density at radius 1 is 1.11 bits per heavy atom. The van der Waals surface area contributed by atoms with Crippen LogP contribution in [0.15, 0.2) is 48.8 Å². The van der Waals surface area contributed by atoms with E-state index in [2.05, 4.69) is 5.32 Å². The maximum Gasteiger partial charge on any atom is 0.260 e. The van der Waals surface area contributed by atoms with Gasteiger partial charge in [-0.1, -0.05) is 13.8 Å². The predicted molar refractivity (Wildman–Crippen MR) is 137 cm³/mol. The van der Waals surface area contributed by atoms with Crippen LogP contribution in [0.25, 0.3) is 0 Å². The van der Waals surface area contributed by atoms with Crippen LogP contribution in [-0.2, 0) is 9.59 Å². The quantitative estimate of drug-likeness (QED) is 0.445. The molecule has 0 radical (unpaired) electrons. The molecule has 196 valence electrons. The van der Waals surface area contributed by atoms with Crippen molar-refractivity contribution in [1.82, 2.24) is 15.1 Å². The van der Waals surface area contributed by atoms with Crippen molar-refractivity contribution >= 4 is 29.2 Å². The molecule has 3 heterocycles. The van der Waals surface area contributed by atoms with E-state index >= 15 is 0 Å². The number of benzene rings is 1. The van der Waals surface area contributed by atoms with Crippen LogP contribution in [0.2, 0.25) is 0 Å². The Hall–Kier alpha value is -3.95. The summed E-state index contributed by atoms with van der Waals surface area (Å²) in [6, 6.07) is 8.10. The molecule has 0 bridgehead atoms. The van der Waals surface area contributed by atoms with Crippen LogP contribution >= 0.6 is 0 Å². The van der Waals surface area contributed by atoms with Gasteiger partial charge in [-0.25, -0.2) is 0 Å². The third-order valence-corrected chi connectivity index (χ3v) is 6.94. The number of fused-ring (bicyclic) bond motifs is 1. The average molecular weight is 508 g/mol. The van der Waals surface area contributed by atoms with Crippen molar-refractivity contribution in [1.29, 1.82) is 0 Å². The van der Waals surface area contributed by atoms with Crippen molar-refractivity contribution in [2.75, 3.05) is 32.1 Å². The highest BCUT2D eigenvalue weighted by Crippen LogP contribution is 2.31. The number of nitrogens with zero attached hydrogens (tertiary/aromatic N) is 4. The van der Waals surface area contributed by atoms with Gasteiger partial charge in [0, 0.05) is 38.0 Å². The average Bonchev–Trinajstić information content (AvgIpc) is 3.43. The lowest BCUT2D eigenvalue weighted by Crippen LogP contribution is -2.53. The zero-order valence-electron chi connectivity index (χ0n) is 21.6. The number of carbonyl (C=O) groups is 4. The Morgan fingerprint density at radius 3 is 2.43 bits per heavy atom. The van der Waals surface area contributed by atoms with Gasteiger partial charge in [0.25, 0.3) is 11.8 Å². The molecular weight excluding hydrogens is 474 g/mol. The molecule has 3 amide bonds. The number of hydrogen-bond acceptors (Lipinski definition) is 6. The SMILES string of the molecule is CC(C)CC(NC(=O)c1ccc(N(C)C)cc1)C(=O)N1CCC2C1C(=O)CN2C(=O)c1ccc[n+]([O-])c1. The van der Waals surface area contributed by atoms with Gasteiger partial charge in [0.05, 0.1) is 12.6 Å². The van der Waals surface area contributed by atoms with E-state index in [4.69, 9.17) is 0 Å². The fourth-order valence-electron chi connectivity index (χ4n) is 5.13. The number of likely N-dealkylation sites (tertiary alicyclic amines) is 2. The van der Waals surface area contributed by atoms with E-state index in [1.807, 2.05) is 45.0 Å². The zero-order chi connectivity index (χ0) is 26.9. The maximum absolute atomic E-state index is 13.7. The van der Waals surface area contributed by atoms with Crippen molar-refractivity contribution < 1.29 is 23.9 Å². The lowest BCUT2D eigenvalue weighted by Gasteiger charge is -2.29. The number of hydrogen-bond donors (Lipinski definition) is 1. The number of carbonyl (C=O) groups excluding carboxylic acids is 4. The number of Topliss-reactive ketones (excluding diaryl/α,β-unsaturated/α-hetero) is 1. The number of anilines is 1. The summed E-state index contributed by atoms with van der Waals surface area (Å²) in [5.41, 5.74) is 1.59. The van der Waals surface area contributed by atoms with Gasteiger partial charge in [0.15, 0.2) is 18.2 Å². The van der Waals surface area contributed by atoms with Crippen LogP contribution in [-0.4, -0.2) is 78.6 Å². The number of pyridine rings is 1. The minimum Gasteiger partial charge on any atom is -0.619 e. The van der Waals surface area contributed by atoms with E-state index in [-0.39, 0.29) is 35.6 Å². The van der Waals surface area contributed by atoms with Crippen molar-refractivity contribution in [2.24, 2.45) is 5.92 Å². The summed E-state index contributed by atoms with van der Waals surface area (Å²) in [6.45, 7) is 4.12. The molecule has 10 nitrogen and oxygen atoms in total. The fourth-order valence-corrected chi connectivity index (χ4v) is 5.13. The molecule has 3 unspecified atom stereocenters. The largest absolute Gasteiger partial charge is 0.619 e. The Balaban J connectivity index is 1.50. The van der Waals surface area contributed by atoms with Gasteiger partial charge in [-0.15, -0.1) is 0 Å². The van der Waals surface area contributed by atoms with E-state index in [0.717, 1.165) is 5.69 Å². The molecule has 2 fully saturated rings. The molecular formula is C27H33N5O5. The number of amides is 3. The lowest BCUT2D eigenvalue weighted by molar-refractivity contribution is -0.605. The van der Waals surface area contributed by atoms with Crippen LogP contribution in [0.5, 0.6) is 0 Å². The summed E-state index contributed by atoms with van der Waals surface area (Å²) in [4.78, 5) is 57.7. The molecule has 1 N–H and O–H groups in total. The van der Waals surface area contributed by atoms with Crippen LogP contribution in [0.1, 0.15) is 47.4 Å². The van der Waals surface area contributed by atoms with Crippen molar-refractivity contribution in [3.05, 3.63) is 65.1 Å². The molecule has 1 aromatic carbocycles. The third kappa shape index (κ3) is 5.42. The van der Waals surface area contributed by atoms with Crippen LogP contribution < -0.4 is 14.9 Å². The van der Waals surface area contributed by atoms with Gasteiger partial charge in [-0.2, -0.15) is 4.73 Å². The van der Waals surface area contributed by atoms with Crippen LogP contribution in [0.3, 0.4) is 0 Å². The van der Waals surface area contributed by atoms with Gasteiger partial charge in [0.1, 0.15) is 17.6 Å². The molecule has 2 aromatic rings. The first-order valence-electron chi connectivity index (χ1n) is 12.5. The molecule has 0 spiro atoms. The number of aromatic nitrogens is 1. The van der Waals surface area contributed by atoms with Crippen LogP contribution in [0.4, 0.5) is 5.69 Å². The van der Waals surface area contributed by atoms with Gasteiger partial charge < -0.3 is 25.2 Å². The molecule has 10 heteroatoms. The van der Waals surface area contributed by atoms with E-state index in [1.165, 1.54) is 34.3 Å². The van der Waals surface area contributed by atoms with E-state index in [1.54, 1.807) is 12.1 Å². The van der Waals surface area contributed by atoms with Crippen molar-refractivity contribution in [3.63, 3.8) is 0 Å². The van der Waals surface area contributed by atoms with E-state index in [0.29, 0.717) is 29.7 Å². The second-order valence-corrected chi connectivity index (χ2v) is 10.3. The predicted octanol–water partition coefficient (Wildman–Crippen LogP) is 1.23. The first-order chi connectivity index (χ1) is 17.6. The molecule has 2 aliphatic rings. The fraction of sp³-hybridized carbons (Fsp3) is 0.444. The molecule has 0 aliphatic carbocycles. The second-order valence-electron chi connectivity index (χ2n) is 10.3. The summed E-state index contributed by atoms with van der Waals surface area (Å²) in [5, 5.41) is 14.5. The highest BCUT2D eigenvalue weighted by atomic mass is 16.5. The molecule has 0 saturated carbocycles. The highest BCUT2D eigenvalue weighted by Gasteiger charge is 2.52. The monoisotopic (exact) mass is 507 g/mol. The summed E-state index contributed by atoms with van der Waals surface area (Å²) >= 11 is 0. The van der Waals surface area contributed by atoms with Gasteiger partial charge in [0.2, 0.25) is 5.91 Å². The second kappa shape index (κ2) is 10.6. The standard InChI is InChI=1S/C27H33N5O5/c1-17(2)14-21(28-25(34)18-7-9-20(10-8-18)29(3)4)27(36)31-13-11-22-24(31)23(33)16-32(22)26(35)19-6-5-12-30(37)15-19/h5-10,12,15,17,21-22,24H,11,13-14,16H2,1-4H3,(H,28,34). The Morgan fingerprint density at radius 2 is 1.81 bits per heavy atom. The van der Waals surface area contributed by atoms with Gasteiger partial charge >= 0.3 is 0 Å². The molecule has 1 aromatic heterocycles.